The van der Waals surface area contributed by atoms with Gasteiger partial charge >= 0.3 is 0 Å². The topological polar surface area (TPSA) is 20.3 Å². The lowest BCUT2D eigenvalue weighted by Crippen LogP contribution is -2.25. The maximum atomic E-state index is 10.8. The summed E-state index contributed by atoms with van der Waals surface area (Å²) in [7, 11) is 0. The number of allylic oxidation sites excluding steroid dienone is 1. The predicted molar refractivity (Wildman–Crippen MR) is 47.6 cm³/mol. The Morgan fingerprint density at radius 2 is 2.00 bits per heavy atom. The van der Waals surface area contributed by atoms with Crippen LogP contribution in [0.4, 0.5) is 0 Å². The van der Waals surface area contributed by atoms with Gasteiger partial charge in [-0.05, 0) is 19.2 Å². The van der Waals surface area contributed by atoms with Gasteiger partial charge in [-0.2, -0.15) is 0 Å². The lowest BCUT2D eigenvalue weighted by molar-refractivity contribution is -0.114. The van der Waals surface area contributed by atoms with Gasteiger partial charge in [0.2, 0.25) is 0 Å². The Morgan fingerprint density at radius 1 is 1.45 bits per heavy atom. The van der Waals surface area contributed by atoms with Gasteiger partial charge in [0.25, 0.3) is 0 Å². The molecule has 0 amide bonds. The Kier molecular flexibility index (Phi) is 5.75. The minimum atomic E-state index is 0.136. The van der Waals surface area contributed by atoms with Crippen molar-refractivity contribution < 1.29 is 4.79 Å². The van der Waals surface area contributed by atoms with E-state index >= 15 is 0 Å². The minimum Gasteiger partial charge on any atom is -0.303 e. The molecule has 0 aliphatic carbocycles. The summed E-state index contributed by atoms with van der Waals surface area (Å²) in [5, 5.41) is 0. The summed E-state index contributed by atoms with van der Waals surface area (Å²) < 4.78 is 0. The molecule has 2 nitrogen and oxygen atoms in total. The van der Waals surface area contributed by atoms with E-state index in [4.69, 9.17) is 0 Å². The molecule has 0 fully saturated rings. The Bertz CT molecular complexity index is 128. The van der Waals surface area contributed by atoms with Crippen LogP contribution < -0.4 is 0 Å². The molecule has 0 saturated heterocycles. The zero-order valence-electron chi connectivity index (χ0n) is 7.47. The van der Waals surface area contributed by atoms with Gasteiger partial charge in [0.15, 0.2) is 5.78 Å². The van der Waals surface area contributed by atoms with E-state index in [1.807, 2.05) is 0 Å². The molecular formula is C9H17NO. The molecule has 0 radical (unpaired) electrons. The van der Waals surface area contributed by atoms with E-state index in [1.54, 1.807) is 0 Å². The fraction of sp³-hybridized carbons (Fsp3) is 0.667. The second-order valence-electron chi connectivity index (χ2n) is 2.45. The van der Waals surface area contributed by atoms with Crippen LogP contribution in [0.1, 0.15) is 20.3 Å². The molecule has 11 heavy (non-hydrogen) atoms. The third kappa shape index (κ3) is 4.73. The fourth-order valence-corrected chi connectivity index (χ4v) is 0.910. The lowest BCUT2D eigenvalue weighted by atomic mass is 10.2. The van der Waals surface area contributed by atoms with Gasteiger partial charge in [0.05, 0.1) is 0 Å². The van der Waals surface area contributed by atoms with E-state index in [2.05, 4.69) is 25.3 Å². The summed E-state index contributed by atoms with van der Waals surface area (Å²) in [6, 6.07) is 0. The monoisotopic (exact) mass is 155 g/mol. The maximum absolute atomic E-state index is 10.8. The first-order valence-corrected chi connectivity index (χ1v) is 4.12. The maximum Gasteiger partial charge on any atom is 0.156 e. The molecule has 0 aliphatic heterocycles. The fourth-order valence-electron chi connectivity index (χ4n) is 0.910. The smallest absolute Gasteiger partial charge is 0.156 e. The Morgan fingerprint density at radius 3 is 2.36 bits per heavy atom. The van der Waals surface area contributed by atoms with Crippen molar-refractivity contribution in [3.63, 3.8) is 0 Å². The van der Waals surface area contributed by atoms with Crippen molar-refractivity contribution in [1.82, 2.24) is 4.90 Å². The van der Waals surface area contributed by atoms with E-state index < -0.39 is 0 Å². The molecule has 64 valence electrons. The average molecular weight is 155 g/mol. The molecule has 0 aromatic rings. The Labute approximate surface area is 68.9 Å². The predicted octanol–water partition coefficient (Wildman–Crippen LogP) is 1.47. The molecule has 0 heterocycles. The number of carbonyl (C=O) groups is 1. The quantitative estimate of drug-likeness (QED) is 0.541. The third-order valence-electron chi connectivity index (χ3n) is 1.80. The summed E-state index contributed by atoms with van der Waals surface area (Å²) in [5.74, 6) is 0.136. The van der Waals surface area contributed by atoms with Gasteiger partial charge < -0.3 is 4.90 Å². The molecule has 0 bridgehead atoms. The van der Waals surface area contributed by atoms with Gasteiger partial charge in [0, 0.05) is 13.0 Å². The molecule has 0 spiro atoms. The standard InChI is InChI=1S/C9H17NO/c1-4-9(11)7-8-10(5-2)6-3/h4H,1,5-8H2,2-3H3. The third-order valence-corrected chi connectivity index (χ3v) is 1.80. The lowest BCUT2D eigenvalue weighted by Gasteiger charge is -2.16. The minimum absolute atomic E-state index is 0.136. The summed E-state index contributed by atoms with van der Waals surface area (Å²) in [4.78, 5) is 13.0. The highest BCUT2D eigenvalue weighted by molar-refractivity contribution is 5.89. The van der Waals surface area contributed by atoms with Crippen LogP contribution >= 0.6 is 0 Å². The van der Waals surface area contributed by atoms with Crippen molar-refractivity contribution in [2.75, 3.05) is 19.6 Å². The highest BCUT2D eigenvalue weighted by atomic mass is 16.1. The van der Waals surface area contributed by atoms with Crippen LogP contribution in [-0.2, 0) is 4.79 Å². The largest absolute Gasteiger partial charge is 0.303 e. The highest BCUT2D eigenvalue weighted by Crippen LogP contribution is 1.91. The molecule has 0 unspecified atom stereocenters. The van der Waals surface area contributed by atoms with Gasteiger partial charge in [0.1, 0.15) is 0 Å². The first-order valence-electron chi connectivity index (χ1n) is 4.12. The van der Waals surface area contributed by atoms with Crippen LogP contribution in [0, 0.1) is 0 Å². The van der Waals surface area contributed by atoms with Crippen molar-refractivity contribution >= 4 is 5.78 Å². The van der Waals surface area contributed by atoms with Crippen LogP contribution in [0.25, 0.3) is 0 Å². The van der Waals surface area contributed by atoms with Gasteiger partial charge in [-0.25, -0.2) is 0 Å². The van der Waals surface area contributed by atoms with E-state index in [0.29, 0.717) is 6.42 Å². The van der Waals surface area contributed by atoms with Crippen molar-refractivity contribution in [3.05, 3.63) is 12.7 Å². The molecular weight excluding hydrogens is 138 g/mol. The van der Waals surface area contributed by atoms with E-state index in [1.165, 1.54) is 6.08 Å². The summed E-state index contributed by atoms with van der Waals surface area (Å²) in [5.41, 5.74) is 0. The molecule has 0 aromatic heterocycles. The van der Waals surface area contributed by atoms with E-state index in [-0.39, 0.29) is 5.78 Å². The van der Waals surface area contributed by atoms with Crippen LogP contribution in [0.5, 0.6) is 0 Å². The zero-order chi connectivity index (χ0) is 8.69. The van der Waals surface area contributed by atoms with E-state index in [9.17, 15) is 4.79 Å². The second kappa shape index (κ2) is 6.10. The first kappa shape index (κ1) is 10.4. The number of nitrogens with zero attached hydrogens (tertiary/aromatic N) is 1. The van der Waals surface area contributed by atoms with E-state index in [0.717, 1.165) is 19.6 Å². The van der Waals surface area contributed by atoms with Crippen molar-refractivity contribution in [2.45, 2.75) is 20.3 Å². The van der Waals surface area contributed by atoms with Crippen LogP contribution in [-0.4, -0.2) is 30.3 Å². The molecule has 0 rings (SSSR count). The van der Waals surface area contributed by atoms with Crippen LogP contribution in [0.3, 0.4) is 0 Å². The Balaban J connectivity index is 3.49. The van der Waals surface area contributed by atoms with Crippen molar-refractivity contribution in [1.29, 1.82) is 0 Å². The van der Waals surface area contributed by atoms with Crippen LogP contribution in [0.2, 0.25) is 0 Å². The van der Waals surface area contributed by atoms with Crippen LogP contribution in [0.15, 0.2) is 12.7 Å². The summed E-state index contributed by atoms with van der Waals surface area (Å²) >= 11 is 0. The normalized spacial score (nSPS) is 10.1. The number of rotatable bonds is 6. The average Bonchev–Trinajstić information content (AvgIpc) is 2.06. The van der Waals surface area contributed by atoms with Crippen molar-refractivity contribution in [3.8, 4) is 0 Å². The molecule has 0 atom stereocenters. The number of carbonyl (C=O) groups excluding carboxylic acids is 1. The number of hydrogen-bond donors (Lipinski definition) is 0. The molecule has 0 aromatic carbocycles. The second-order valence-corrected chi connectivity index (χ2v) is 2.45. The molecule has 0 aliphatic rings. The summed E-state index contributed by atoms with van der Waals surface area (Å²) in [6.45, 7) is 10.5. The first-order chi connectivity index (χ1) is 5.24. The van der Waals surface area contributed by atoms with Crippen molar-refractivity contribution in [2.24, 2.45) is 0 Å². The molecule has 2 heteroatoms. The SMILES string of the molecule is C=CC(=O)CCN(CC)CC. The molecule has 0 saturated carbocycles. The van der Waals surface area contributed by atoms with Gasteiger partial charge in [-0.3, -0.25) is 4.79 Å². The van der Waals surface area contributed by atoms with Gasteiger partial charge in [-0.1, -0.05) is 20.4 Å². The molecule has 0 N–H and O–H groups in total. The zero-order valence-corrected chi connectivity index (χ0v) is 7.47. The number of ketones is 1. The summed E-state index contributed by atoms with van der Waals surface area (Å²) in [6.07, 6.45) is 1.99. The number of hydrogen-bond acceptors (Lipinski definition) is 2. The highest BCUT2D eigenvalue weighted by Gasteiger charge is 2.00. The Hall–Kier alpha value is -0.630. The van der Waals surface area contributed by atoms with Gasteiger partial charge in [-0.15, -0.1) is 0 Å².